The van der Waals surface area contributed by atoms with Gasteiger partial charge in [-0.15, -0.1) is 0 Å². The number of benzene rings is 3. The van der Waals surface area contributed by atoms with Crippen LogP contribution >= 0.6 is 11.6 Å². The average Bonchev–Trinajstić information content (AvgIpc) is 3.90. The highest BCUT2D eigenvalue weighted by Gasteiger charge is 2.45. The van der Waals surface area contributed by atoms with Crippen molar-refractivity contribution in [1.29, 1.82) is 0 Å². The third-order valence-electron chi connectivity index (χ3n) is 7.96. The minimum Gasteiger partial charge on any atom is -0.497 e. The van der Waals surface area contributed by atoms with Gasteiger partial charge in [0.2, 0.25) is 17.7 Å². The number of carbonyl (C=O) groups excluding carboxylic acids is 3. The van der Waals surface area contributed by atoms with Crippen LogP contribution in [0.1, 0.15) is 40.7 Å². The van der Waals surface area contributed by atoms with E-state index in [1.54, 1.807) is 36.4 Å². The summed E-state index contributed by atoms with van der Waals surface area (Å²) in [6.07, 6.45) is -3.64. The lowest BCUT2D eigenvalue weighted by atomic mass is 10.1. The molecule has 1 saturated carbocycles. The number of carboxylic acids is 1. The summed E-state index contributed by atoms with van der Waals surface area (Å²) in [4.78, 5) is 61.7. The molecule has 53 heavy (non-hydrogen) atoms. The number of nitrogens with one attached hydrogen (secondary N) is 4. The van der Waals surface area contributed by atoms with Crippen LogP contribution in [0.3, 0.4) is 0 Å². The SMILES string of the molecule is COc1cccc(CC(=O)C(=O)NCC[C@H](NC(=O)c2ccc(Nc3nc(NC4(c5ccc(Cl)cc5)CC4)nc(OCC(F)(F)F)n3)cc2)C(=O)O)c1. The lowest BCUT2D eigenvalue weighted by Gasteiger charge is -2.19. The van der Waals surface area contributed by atoms with Crippen LogP contribution in [0.15, 0.2) is 72.8 Å². The van der Waals surface area contributed by atoms with Gasteiger partial charge in [0.15, 0.2) is 6.61 Å². The number of Topliss-reactive ketones (excluding diaryl/α,β-unsaturated/α-hetero) is 1. The number of hydrogen-bond acceptors (Lipinski definition) is 11. The number of amides is 2. The standard InChI is InChI=1S/C35H33ClF3N7O7/c1-52-25-4-2-3-20(17-25)18-27(47)29(49)40-16-13-26(30(50)51)42-28(48)21-5-11-24(12-6-21)41-31-43-32(45-33(44-31)53-19-35(37,38)39)46-34(14-15-34)22-7-9-23(36)10-8-22/h2-12,17,26H,13-16,18-19H2,1H3,(H,40,49)(H,42,48)(H,50,51)(H2,41,43,44,45,46)/t26-/m0/s1. The molecule has 3 aromatic carbocycles. The zero-order valence-corrected chi connectivity index (χ0v) is 28.8. The Bertz CT molecular complexity index is 1960. The third kappa shape index (κ3) is 11.0. The van der Waals surface area contributed by atoms with Crippen LogP contribution < -0.4 is 30.7 Å². The van der Waals surface area contributed by atoms with Crippen molar-refractivity contribution in [3.8, 4) is 11.8 Å². The molecule has 14 nitrogen and oxygen atoms in total. The van der Waals surface area contributed by atoms with Crippen LogP contribution in [-0.4, -0.2) is 76.1 Å². The summed E-state index contributed by atoms with van der Waals surface area (Å²) in [6.45, 7) is -1.84. The molecule has 1 aromatic heterocycles. The minimum absolute atomic E-state index is 0.0414. The van der Waals surface area contributed by atoms with Gasteiger partial charge in [-0.25, -0.2) is 4.79 Å². The molecular weight excluding hydrogens is 723 g/mol. The van der Waals surface area contributed by atoms with Crippen molar-refractivity contribution in [2.24, 2.45) is 0 Å². The van der Waals surface area contributed by atoms with Gasteiger partial charge in [-0.1, -0.05) is 35.9 Å². The number of hydrogen-bond donors (Lipinski definition) is 5. The Hall–Kier alpha value is -5.97. The van der Waals surface area contributed by atoms with Crippen LogP contribution in [0.25, 0.3) is 0 Å². The molecule has 5 N–H and O–H groups in total. The molecule has 1 heterocycles. The molecule has 0 saturated heterocycles. The number of anilines is 3. The number of ether oxygens (including phenoxy) is 2. The van der Waals surface area contributed by atoms with Crippen molar-refractivity contribution >= 4 is 52.8 Å². The summed E-state index contributed by atoms with van der Waals surface area (Å²) in [5, 5.41) is 21.0. The van der Waals surface area contributed by atoms with E-state index in [1.807, 2.05) is 12.1 Å². The zero-order valence-electron chi connectivity index (χ0n) is 28.0. The van der Waals surface area contributed by atoms with Gasteiger partial charge < -0.3 is 35.8 Å². The highest BCUT2D eigenvalue weighted by Crippen LogP contribution is 2.48. The lowest BCUT2D eigenvalue weighted by molar-refractivity contribution is -0.154. The van der Waals surface area contributed by atoms with Crippen LogP contribution in [0.4, 0.5) is 30.8 Å². The second-order valence-electron chi connectivity index (χ2n) is 11.9. The smallest absolute Gasteiger partial charge is 0.422 e. The number of rotatable bonds is 17. The van der Waals surface area contributed by atoms with E-state index < -0.39 is 53.9 Å². The summed E-state index contributed by atoms with van der Waals surface area (Å²) in [5.41, 5.74) is 1.29. The van der Waals surface area contributed by atoms with E-state index in [1.165, 1.54) is 31.4 Å². The van der Waals surface area contributed by atoms with Crippen LogP contribution in [-0.2, 0) is 26.3 Å². The predicted octanol–water partition coefficient (Wildman–Crippen LogP) is 4.82. The molecule has 278 valence electrons. The van der Waals surface area contributed by atoms with Gasteiger partial charge in [-0.2, -0.15) is 28.1 Å². The second-order valence-corrected chi connectivity index (χ2v) is 12.4. The first kappa shape index (κ1) is 38.3. The van der Waals surface area contributed by atoms with E-state index >= 15 is 0 Å². The average molecular weight is 756 g/mol. The maximum absolute atomic E-state index is 12.9. The maximum Gasteiger partial charge on any atom is 0.422 e. The molecule has 5 rings (SSSR count). The summed E-state index contributed by atoms with van der Waals surface area (Å²) >= 11 is 6.02. The number of methoxy groups -OCH3 is 1. The van der Waals surface area contributed by atoms with E-state index in [-0.39, 0.29) is 36.8 Å². The van der Waals surface area contributed by atoms with Crippen molar-refractivity contribution in [3.63, 3.8) is 0 Å². The maximum atomic E-state index is 12.9. The fourth-order valence-electron chi connectivity index (χ4n) is 5.08. The van der Waals surface area contributed by atoms with Gasteiger partial charge in [0, 0.05) is 29.2 Å². The van der Waals surface area contributed by atoms with Crippen LogP contribution in [0.5, 0.6) is 11.8 Å². The molecule has 0 aliphatic heterocycles. The molecule has 2 amide bonds. The van der Waals surface area contributed by atoms with Gasteiger partial charge in [0.05, 0.1) is 12.6 Å². The Morgan fingerprint density at radius 1 is 0.962 bits per heavy atom. The summed E-state index contributed by atoms with van der Waals surface area (Å²) < 4.78 is 48.7. The number of aromatic nitrogens is 3. The van der Waals surface area contributed by atoms with Gasteiger partial charge in [0.1, 0.15) is 11.8 Å². The summed E-state index contributed by atoms with van der Waals surface area (Å²) in [7, 11) is 1.47. The second kappa shape index (κ2) is 16.6. The van der Waals surface area contributed by atoms with Crippen LogP contribution in [0, 0.1) is 0 Å². The minimum atomic E-state index is -4.64. The molecule has 4 aromatic rings. The van der Waals surface area contributed by atoms with Crippen molar-refractivity contribution in [2.75, 3.05) is 30.9 Å². The molecule has 1 aliphatic rings. The third-order valence-corrected chi connectivity index (χ3v) is 8.21. The quantitative estimate of drug-likeness (QED) is 0.0925. The number of alkyl halides is 3. The van der Waals surface area contributed by atoms with E-state index in [0.717, 1.165) is 5.56 Å². The van der Waals surface area contributed by atoms with E-state index in [9.17, 15) is 37.5 Å². The largest absolute Gasteiger partial charge is 0.497 e. The van der Waals surface area contributed by atoms with Gasteiger partial charge in [-0.05, 0) is 78.9 Å². The number of ketones is 1. The van der Waals surface area contributed by atoms with Crippen molar-refractivity contribution in [1.82, 2.24) is 25.6 Å². The van der Waals surface area contributed by atoms with Crippen molar-refractivity contribution in [2.45, 2.75) is 43.4 Å². The van der Waals surface area contributed by atoms with Crippen LogP contribution in [0.2, 0.25) is 5.02 Å². The van der Waals surface area contributed by atoms with Gasteiger partial charge in [0.25, 0.3) is 11.8 Å². The monoisotopic (exact) mass is 755 g/mol. The first-order chi connectivity index (χ1) is 25.2. The summed E-state index contributed by atoms with van der Waals surface area (Å²) in [5.74, 6) is -3.41. The Balaban J connectivity index is 1.19. The highest BCUT2D eigenvalue weighted by atomic mass is 35.5. The van der Waals surface area contributed by atoms with Crippen molar-refractivity contribution < 1.29 is 46.9 Å². The topological polar surface area (TPSA) is 194 Å². The molecule has 18 heteroatoms. The van der Waals surface area contributed by atoms with Crippen molar-refractivity contribution in [3.05, 3.63) is 94.5 Å². The van der Waals surface area contributed by atoms with E-state index in [4.69, 9.17) is 21.1 Å². The first-order valence-electron chi connectivity index (χ1n) is 16.1. The molecule has 1 fully saturated rings. The Kier molecular flexibility index (Phi) is 12.0. The molecule has 1 aliphatic carbocycles. The van der Waals surface area contributed by atoms with Gasteiger partial charge in [-0.3, -0.25) is 14.4 Å². The number of nitrogens with zero attached hydrogens (tertiary/aromatic N) is 3. The number of aliphatic carboxylic acids is 1. The molecule has 0 bridgehead atoms. The molecule has 0 radical (unpaired) electrons. The highest BCUT2D eigenvalue weighted by molar-refractivity contribution is 6.36. The molecular formula is C35H33ClF3N7O7. The summed E-state index contributed by atoms with van der Waals surface area (Å²) in [6, 6.07) is 17.4. The molecule has 1 atom stereocenters. The number of carboxylic acid groups (broad SMARTS) is 1. The zero-order chi connectivity index (χ0) is 38.2. The number of halogens is 4. The molecule has 0 spiro atoms. The Morgan fingerprint density at radius 3 is 2.30 bits per heavy atom. The Morgan fingerprint density at radius 2 is 1.66 bits per heavy atom. The number of carbonyl (C=O) groups is 4. The van der Waals surface area contributed by atoms with E-state index in [2.05, 4.69) is 36.2 Å². The Labute approximate surface area is 305 Å². The first-order valence-corrected chi connectivity index (χ1v) is 16.4. The van der Waals surface area contributed by atoms with Gasteiger partial charge >= 0.3 is 18.2 Å². The normalized spacial score (nSPS) is 13.6. The van der Waals surface area contributed by atoms with E-state index in [0.29, 0.717) is 34.9 Å². The predicted molar refractivity (Wildman–Crippen MR) is 185 cm³/mol. The fourth-order valence-corrected chi connectivity index (χ4v) is 5.21. The fraction of sp³-hybridized carbons (Fsp3) is 0.286. The lowest BCUT2D eigenvalue weighted by Crippen LogP contribution is -2.43. The molecule has 0 unspecified atom stereocenters.